The van der Waals surface area contributed by atoms with E-state index in [0.29, 0.717) is 12.8 Å². The van der Waals surface area contributed by atoms with Crippen LogP contribution in [0.4, 0.5) is 0 Å². The number of aliphatic hydroxyl groups is 1. The fourth-order valence-corrected chi connectivity index (χ4v) is 5.15. The van der Waals surface area contributed by atoms with Gasteiger partial charge in [-0.3, -0.25) is 13.8 Å². The maximum absolute atomic E-state index is 10.3. The fourth-order valence-electron chi connectivity index (χ4n) is 4.78. The van der Waals surface area contributed by atoms with Gasteiger partial charge in [0, 0.05) is 12.8 Å². The molecule has 0 aliphatic carbocycles. The monoisotopic (exact) mass is 703 g/mol. The van der Waals surface area contributed by atoms with Crippen LogP contribution in [0.3, 0.4) is 0 Å². The molecule has 11 nitrogen and oxygen atoms in total. The molecule has 0 saturated heterocycles. The first-order valence-electron chi connectivity index (χ1n) is 18.2. The van der Waals surface area contributed by atoms with E-state index >= 15 is 0 Å². The van der Waals surface area contributed by atoms with E-state index in [-0.39, 0.29) is 25.5 Å². The molecule has 288 valence electrons. The predicted octanol–water partition coefficient (Wildman–Crippen LogP) is 10.3. The minimum atomic E-state index is -3.84. The van der Waals surface area contributed by atoms with E-state index in [1.165, 1.54) is 141 Å². The van der Waals surface area contributed by atoms with Crippen LogP contribution in [0.15, 0.2) is 0 Å². The Morgan fingerprint density at radius 3 is 0.915 bits per heavy atom. The Labute approximate surface area is 289 Å². The summed E-state index contributed by atoms with van der Waals surface area (Å²) in [6, 6.07) is 0. The molecule has 0 radical (unpaired) electrons. The van der Waals surface area contributed by atoms with Crippen molar-refractivity contribution in [3.63, 3.8) is 0 Å². The number of rotatable bonds is 32. The highest BCUT2D eigenvalue weighted by Gasteiger charge is 2.06. The van der Waals surface area contributed by atoms with Crippen molar-refractivity contribution in [1.29, 1.82) is 0 Å². The Kier molecular flexibility index (Phi) is 54.9. The maximum Gasteiger partial charge on any atom is 0.399 e. The molecule has 9 N–H and O–H groups in total. The van der Waals surface area contributed by atoms with Gasteiger partial charge in [0.25, 0.3) is 0 Å². The zero-order valence-electron chi connectivity index (χ0n) is 30.8. The Hall–Kier alpha value is -1.31. The summed E-state index contributed by atoms with van der Waals surface area (Å²) in [5.74, 6) is -1.31. The Morgan fingerprint density at radius 1 is 0.489 bits per heavy atom. The van der Waals surface area contributed by atoms with Gasteiger partial charge in [0.05, 0.1) is 20.3 Å². The minimum absolute atomic E-state index is 0. The lowest BCUT2D eigenvalue weighted by Gasteiger charge is -2.02. The fraction of sp³-hybridized carbons (Fsp3) is 0.943. The standard InChI is InChI=1S/2C16H32O2.C3H8O5S.2H3N/c2*1-2-3-4-5-6-7-8-9-10-11-12-13-14-15-16(17)18;1-7-9(5,6)8-3-2-4;;/h2*2-15H2,1H3,(H,17,18);4H,2-3H2,1H3;2*1H3. The molecule has 47 heavy (non-hydrogen) atoms. The van der Waals surface area contributed by atoms with Crippen LogP contribution >= 0.6 is 0 Å². The molecule has 0 rings (SSSR count). The van der Waals surface area contributed by atoms with Crippen LogP contribution in [-0.2, 0) is 28.4 Å². The molecule has 0 heterocycles. The number of carboxylic acids is 2. The summed E-state index contributed by atoms with van der Waals surface area (Å²) in [6.07, 6.45) is 34.5. The van der Waals surface area contributed by atoms with E-state index in [0.717, 1.165) is 32.8 Å². The molecule has 12 heteroatoms. The number of unbranched alkanes of at least 4 members (excludes halogenated alkanes) is 24. The topological polar surface area (TPSA) is 217 Å². The van der Waals surface area contributed by atoms with Crippen LogP contribution in [0.5, 0.6) is 0 Å². The zero-order valence-corrected chi connectivity index (χ0v) is 31.6. The van der Waals surface area contributed by atoms with E-state index in [9.17, 15) is 18.0 Å². The number of hydrogen-bond acceptors (Lipinski definition) is 9. The molecule has 0 aromatic rings. The molecule has 0 aliphatic heterocycles. The Balaban J connectivity index is -0.000000194. The van der Waals surface area contributed by atoms with E-state index in [2.05, 4.69) is 22.2 Å². The first kappa shape index (κ1) is 55.1. The Bertz CT molecular complexity index is 671. The molecule has 0 fully saturated rings. The van der Waals surface area contributed by atoms with Gasteiger partial charge in [0.2, 0.25) is 0 Å². The second kappa shape index (κ2) is 46.8. The van der Waals surface area contributed by atoms with E-state index in [1.807, 2.05) is 0 Å². The quantitative estimate of drug-likeness (QED) is 0.0415. The Morgan fingerprint density at radius 2 is 0.723 bits per heavy atom. The van der Waals surface area contributed by atoms with Crippen LogP contribution in [0.1, 0.15) is 194 Å². The van der Waals surface area contributed by atoms with Gasteiger partial charge in [-0.25, -0.2) is 4.18 Å². The van der Waals surface area contributed by atoms with Crippen molar-refractivity contribution < 1.29 is 41.7 Å². The van der Waals surface area contributed by atoms with Gasteiger partial charge >= 0.3 is 22.3 Å². The molecule has 0 amide bonds. The van der Waals surface area contributed by atoms with Crippen LogP contribution in [0, 0.1) is 0 Å². The van der Waals surface area contributed by atoms with Gasteiger partial charge < -0.3 is 27.6 Å². The summed E-state index contributed by atoms with van der Waals surface area (Å²) in [4.78, 5) is 20.6. The lowest BCUT2D eigenvalue weighted by molar-refractivity contribution is -0.138. The first-order chi connectivity index (χ1) is 21.7. The molecule has 0 aromatic carbocycles. The van der Waals surface area contributed by atoms with Gasteiger partial charge in [0.15, 0.2) is 0 Å². The summed E-state index contributed by atoms with van der Waals surface area (Å²) >= 11 is 0. The third kappa shape index (κ3) is 60.5. The average molecular weight is 703 g/mol. The molecular weight excluding hydrogens is 624 g/mol. The highest BCUT2D eigenvalue weighted by Crippen LogP contribution is 2.14. The SMILES string of the molecule is CCCCCCCCCCCCCCCC(=O)O.CCCCCCCCCCCCCCCC(=O)O.COS(=O)(=O)OCCO.N.N. The summed E-state index contributed by atoms with van der Waals surface area (Å²) in [5.41, 5.74) is 0. The summed E-state index contributed by atoms with van der Waals surface area (Å²) in [5, 5.41) is 25.1. The second-order valence-corrected chi connectivity index (χ2v) is 13.3. The molecule has 0 bridgehead atoms. The van der Waals surface area contributed by atoms with Crippen LogP contribution in [0.2, 0.25) is 0 Å². The van der Waals surface area contributed by atoms with E-state index in [4.69, 9.17) is 15.3 Å². The molecule has 0 unspecified atom stereocenters. The third-order valence-electron chi connectivity index (χ3n) is 7.51. The predicted molar refractivity (Wildman–Crippen MR) is 195 cm³/mol. The van der Waals surface area contributed by atoms with Crippen molar-refractivity contribution in [1.82, 2.24) is 12.3 Å². The van der Waals surface area contributed by atoms with Crippen molar-refractivity contribution in [3.05, 3.63) is 0 Å². The molecule has 0 spiro atoms. The second-order valence-electron chi connectivity index (χ2n) is 11.9. The highest BCUT2D eigenvalue weighted by molar-refractivity contribution is 7.81. The number of carboxylic acid groups (broad SMARTS) is 2. The van der Waals surface area contributed by atoms with Gasteiger partial charge in [-0.15, -0.1) is 0 Å². The van der Waals surface area contributed by atoms with E-state index < -0.39 is 22.3 Å². The van der Waals surface area contributed by atoms with Crippen molar-refractivity contribution in [2.45, 2.75) is 194 Å². The van der Waals surface area contributed by atoms with Crippen molar-refractivity contribution in [2.24, 2.45) is 0 Å². The lowest BCUT2D eigenvalue weighted by Crippen LogP contribution is -2.10. The minimum Gasteiger partial charge on any atom is -0.481 e. The van der Waals surface area contributed by atoms with Crippen molar-refractivity contribution in [2.75, 3.05) is 20.3 Å². The van der Waals surface area contributed by atoms with Crippen LogP contribution in [0.25, 0.3) is 0 Å². The van der Waals surface area contributed by atoms with Crippen LogP contribution < -0.4 is 12.3 Å². The largest absolute Gasteiger partial charge is 0.481 e. The summed E-state index contributed by atoms with van der Waals surface area (Å²) < 4.78 is 28.3. The number of aliphatic carboxylic acids is 2. The molecule has 0 atom stereocenters. The molecule has 0 aromatic heterocycles. The lowest BCUT2D eigenvalue weighted by atomic mass is 10.0. The number of carbonyl (C=O) groups is 2. The van der Waals surface area contributed by atoms with Gasteiger partial charge in [-0.2, -0.15) is 8.42 Å². The maximum atomic E-state index is 10.3. The third-order valence-corrected chi connectivity index (χ3v) is 8.38. The number of aliphatic hydroxyl groups excluding tert-OH is 1. The summed E-state index contributed by atoms with van der Waals surface area (Å²) in [7, 11) is -2.86. The van der Waals surface area contributed by atoms with Gasteiger partial charge in [-0.05, 0) is 12.8 Å². The van der Waals surface area contributed by atoms with Gasteiger partial charge in [-0.1, -0.05) is 168 Å². The number of hydrogen-bond donors (Lipinski definition) is 5. The smallest absolute Gasteiger partial charge is 0.399 e. The van der Waals surface area contributed by atoms with Crippen LogP contribution in [-0.4, -0.2) is 56.0 Å². The zero-order chi connectivity index (χ0) is 34.3. The van der Waals surface area contributed by atoms with Gasteiger partial charge in [0.1, 0.15) is 0 Å². The normalized spacial score (nSPS) is 10.5. The highest BCUT2D eigenvalue weighted by atomic mass is 32.3. The van der Waals surface area contributed by atoms with E-state index in [1.54, 1.807) is 0 Å². The first-order valence-corrected chi connectivity index (χ1v) is 19.5. The summed E-state index contributed by atoms with van der Waals surface area (Å²) in [6.45, 7) is 3.91. The van der Waals surface area contributed by atoms with Crippen molar-refractivity contribution in [3.8, 4) is 0 Å². The van der Waals surface area contributed by atoms with Crippen molar-refractivity contribution >= 4 is 22.3 Å². The molecule has 0 saturated carbocycles. The molecular formula is C35H78N2O9S. The average Bonchev–Trinajstić information content (AvgIpc) is 3.01. The molecule has 0 aliphatic rings.